The van der Waals surface area contributed by atoms with Crippen LogP contribution in [0.25, 0.3) is 10.9 Å². The van der Waals surface area contributed by atoms with Gasteiger partial charge >= 0.3 is 0 Å². The number of carbonyl (C=O) groups excluding carboxylic acids is 1. The number of nitrogens with two attached hydrogens (primary N) is 1. The number of rotatable bonds is 2. The summed E-state index contributed by atoms with van der Waals surface area (Å²) >= 11 is 0. The molecule has 0 radical (unpaired) electrons. The first-order valence-corrected chi connectivity index (χ1v) is 6.71. The zero-order valence-electron chi connectivity index (χ0n) is 11.9. The first kappa shape index (κ1) is 13.2. The number of aromatic nitrogens is 2. The summed E-state index contributed by atoms with van der Waals surface area (Å²) in [6.07, 6.45) is 0. The molecule has 4 nitrogen and oxygen atoms in total. The van der Waals surface area contributed by atoms with Crippen LogP contribution in [0.1, 0.15) is 27.2 Å². The molecule has 0 aliphatic heterocycles. The summed E-state index contributed by atoms with van der Waals surface area (Å²) in [5.41, 5.74) is 10.0. The van der Waals surface area contributed by atoms with Crippen molar-refractivity contribution in [2.24, 2.45) is 0 Å². The first-order valence-electron chi connectivity index (χ1n) is 6.71. The van der Waals surface area contributed by atoms with Crippen LogP contribution < -0.4 is 5.73 Å². The average molecular weight is 277 g/mol. The molecule has 0 unspecified atom stereocenters. The fraction of sp³-hybridized carbons (Fsp3) is 0.118. The first-order chi connectivity index (χ1) is 10.1. The third-order valence-corrected chi connectivity index (χ3v) is 3.55. The number of ketones is 1. The Balaban J connectivity index is 2.16. The molecule has 0 aliphatic rings. The van der Waals surface area contributed by atoms with Crippen LogP contribution in [0.15, 0.2) is 42.5 Å². The Kier molecular flexibility index (Phi) is 3.14. The van der Waals surface area contributed by atoms with Crippen LogP contribution in [0.5, 0.6) is 0 Å². The molecule has 3 aromatic rings. The summed E-state index contributed by atoms with van der Waals surface area (Å²) in [4.78, 5) is 12.7. The molecule has 1 aromatic heterocycles. The van der Waals surface area contributed by atoms with E-state index in [4.69, 9.17) is 5.73 Å². The summed E-state index contributed by atoms with van der Waals surface area (Å²) in [6, 6.07) is 13.1. The van der Waals surface area contributed by atoms with Gasteiger partial charge in [0.15, 0.2) is 5.69 Å². The maximum Gasteiger partial charge on any atom is 0.215 e. The average Bonchev–Trinajstić information content (AvgIpc) is 2.47. The highest BCUT2D eigenvalue weighted by Gasteiger charge is 2.18. The van der Waals surface area contributed by atoms with Gasteiger partial charge in [-0.2, -0.15) is 0 Å². The van der Waals surface area contributed by atoms with Crippen LogP contribution in [-0.4, -0.2) is 16.0 Å². The molecule has 1 heterocycles. The van der Waals surface area contributed by atoms with E-state index in [2.05, 4.69) is 10.2 Å². The summed E-state index contributed by atoms with van der Waals surface area (Å²) in [5.74, 6) is -0.191. The van der Waals surface area contributed by atoms with Crippen molar-refractivity contribution in [2.75, 3.05) is 5.73 Å². The number of anilines is 1. The van der Waals surface area contributed by atoms with Crippen molar-refractivity contribution in [1.82, 2.24) is 10.2 Å². The van der Waals surface area contributed by atoms with Gasteiger partial charge in [0.25, 0.3) is 0 Å². The van der Waals surface area contributed by atoms with Gasteiger partial charge in [-0.15, -0.1) is 10.2 Å². The number of hydrogen-bond acceptors (Lipinski definition) is 4. The lowest BCUT2D eigenvalue weighted by molar-refractivity contribution is 0.103. The van der Waals surface area contributed by atoms with E-state index in [0.29, 0.717) is 16.8 Å². The van der Waals surface area contributed by atoms with Crippen molar-refractivity contribution < 1.29 is 4.79 Å². The van der Waals surface area contributed by atoms with Crippen molar-refractivity contribution >= 4 is 22.4 Å². The highest BCUT2D eigenvalue weighted by molar-refractivity contribution is 6.14. The number of fused-ring (bicyclic) bond motifs is 1. The molecule has 4 heteroatoms. The molecule has 0 saturated carbocycles. The molecule has 0 aliphatic carbocycles. The second-order valence-electron chi connectivity index (χ2n) is 5.13. The minimum atomic E-state index is -0.191. The maximum atomic E-state index is 12.7. The SMILES string of the molecule is Cc1ccc(C(=O)c2nnc3ccccc3c2N)c(C)c1. The van der Waals surface area contributed by atoms with Gasteiger partial charge in [0.1, 0.15) is 0 Å². The molecule has 21 heavy (non-hydrogen) atoms. The van der Waals surface area contributed by atoms with Gasteiger partial charge in [-0.1, -0.05) is 42.0 Å². The van der Waals surface area contributed by atoms with Crippen molar-refractivity contribution in [2.45, 2.75) is 13.8 Å². The summed E-state index contributed by atoms with van der Waals surface area (Å²) < 4.78 is 0. The molecule has 2 aromatic carbocycles. The number of carbonyl (C=O) groups is 1. The van der Waals surface area contributed by atoms with Crippen molar-refractivity contribution in [3.8, 4) is 0 Å². The zero-order chi connectivity index (χ0) is 15.0. The molecule has 0 saturated heterocycles. The lowest BCUT2D eigenvalue weighted by Crippen LogP contribution is -2.11. The summed E-state index contributed by atoms with van der Waals surface area (Å²) in [5, 5.41) is 8.86. The Morgan fingerprint density at radius 1 is 1.05 bits per heavy atom. The molecule has 0 fully saturated rings. The van der Waals surface area contributed by atoms with E-state index < -0.39 is 0 Å². The largest absolute Gasteiger partial charge is 0.396 e. The van der Waals surface area contributed by atoms with Crippen LogP contribution in [0.4, 0.5) is 5.69 Å². The van der Waals surface area contributed by atoms with Gasteiger partial charge in [-0.05, 0) is 25.5 Å². The maximum absolute atomic E-state index is 12.7. The normalized spacial score (nSPS) is 10.8. The van der Waals surface area contributed by atoms with E-state index >= 15 is 0 Å². The standard InChI is InChI=1S/C17H15N3O/c1-10-7-8-12(11(2)9-10)17(21)16-15(18)13-5-3-4-6-14(13)19-20-16/h3-9H,1-2H3,(H2,18,19). The molecular formula is C17H15N3O. The van der Waals surface area contributed by atoms with Crippen molar-refractivity contribution in [3.63, 3.8) is 0 Å². The Hall–Kier alpha value is -2.75. The molecule has 0 spiro atoms. The van der Waals surface area contributed by atoms with E-state index in [-0.39, 0.29) is 11.5 Å². The number of benzene rings is 2. The number of nitrogen functional groups attached to an aromatic ring is 1. The fourth-order valence-corrected chi connectivity index (χ4v) is 2.44. The fourth-order valence-electron chi connectivity index (χ4n) is 2.44. The third-order valence-electron chi connectivity index (χ3n) is 3.55. The molecule has 0 amide bonds. The molecular weight excluding hydrogens is 262 g/mol. The Bertz CT molecular complexity index is 856. The second kappa shape index (κ2) is 4.98. The summed E-state index contributed by atoms with van der Waals surface area (Å²) in [7, 11) is 0. The topological polar surface area (TPSA) is 68.9 Å². The highest BCUT2D eigenvalue weighted by Crippen LogP contribution is 2.24. The summed E-state index contributed by atoms with van der Waals surface area (Å²) in [6.45, 7) is 3.90. The van der Waals surface area contributed by atoms with E-state index in [1.54, 1.807) is 0 Å². The molecule has 0 bridgehead atoms. The monoisotopic (exact) mass is 277 g/mol. The predicted octanol–water partition coefficient (Wildman–Crippen LogP) is 3.06. The van der Waals surface area contributed by atoms with Crippen molar-refractivity contribution in [1.29, 1.82) is 0 Å². The van der Waals surface area contributed by atoms with Gasteiger partial charge in [0.2, 0.25) is 5.78 Å². The molecule has 0 atom stereocenters. The highest BCUT2D eigenvalue weighted by atomic mass is 16.1. The van der Waals surface area contributed by atoms with Gasteiger partial charge in [-0.25, -0.2) is 0 Å². The predicted molar refractivity (Wildman–Crippen MR) is 83.3 cm³/mol. The second-order valence-corrected chi connectivity index (χ2v) is 5.13. The Morgan fingerprint density at radius 3 is 2.57 bits per heavy atom. The van der Waals surface area contributed by atoms with E-state index in [1.807, 2.05) is 56.3 Å². The number of aryl methyl sites for hydroxylation is 2. The third kappa shape index (κ3) is 2.25. The molecule has 104 valence electrons. The molecule has 3 rings (SSSR count). The van der Waals surface area contributed by atoms with Gasteiger partial charge in [0, 0.05) is 10.9 Å². The lowest BCUT2D eigenvalue weighted by atomic mass is 9.99. The van der Waals surface area contributed by atoms with E-state index in [1.165, 1.54) is 0 Å². The lowest BCUT2D eigenvalue weighted by Gasteiger charge is -2.08. The van der Waals surface area contributed by atoms with Gasteiger partial charge in [-0.3, -0.25) is 4.79 Å². The number of nitrogens with zero attached hydrogens (tertiary/aromatic N) is 2. The Labute approximate surface area is 122 Å². The van der Waals surface area contributed by atoms with Crippen LogP contribution in [-0.2, 0) is 0 Å². The van der Waals surface area contributed by atoms with Crippen LogP contribution in [0, 0.1) is 13.8 Å². The minimum absolute atomic E-state index is 0.191. The molecule has 2 N–H and O–H groups in total. The van der Waals surface area contributed by atoms with Gasteiger partial charge in [0.05, 0.1) is 11.2 Å². The minimum Gasteiger partial charge on any atom is -0.396 e. The van der Waals surface area contributed by atoms with Crippen LogP contribution in [0.3, 0.4) is 0 Å². The smallest absolute Gasteiger partial charge is 0.215 e. The number of hydrogen-bond donors (Lipinski definition) is 1. The van der Waals surface area contributed by atoms with Crippen molar-refractivity contribution in [3.05, 3.63) is 64.8 Å². The van der Waals surface area contributed by atoms with Gasteiger partial charge < -0.3 is 5.73 Å². The van der Waals surface area contributed by atoms with Crippen LogP contribution >= 0.6 is 0 Å². The van der Waals surface area contributed by atoms with E-state index in [9.17, 15) is 4.79 Å². The van der Waals surface area contributed by atoms with E-state index in [0.717, 1.165) is 16.5 Å². The Morgan fingerprint density at radius 2 is 1.81 bits per heavy atom. The zero-order valence-corrected chi connectivity index (χ0v) is 11.9. The quantitative estimate of drug-likeness (QED) is 0.731. The van der Waals surface area contributed by atoms with Crippen LogP contribution in [0.2, 0.25) is 0 Å².